The van der Waals surface area contributed by atoms with E-state index in [1.807, 2.05) is 0 Å². The molecule has 2 amide bonds. The summed E-state index contributed by atoms with van der Waals surface area (Å²) in [5, 5.41) is 6.98. The van der Waals surface area contributed by atoms with Crippen LogP contribution in [0.15, 0.2) is 69.6 Å². The number of benzene rings is 2. The van der Waals surface area contributed by atoms with Crippen LogP contribution in [0.25, 0.3) is 10.2 Å². The Morgan fingerprint density at radius 1 is 0.939 bits per heavy atom. The molecule has 2 aromatic heterocycles. The number of fused-ring (bicyclic) bond motifs is 1. The maximum atomic E-state index is 14.1. The third-order valence-electron chi connectivity index (χ3n) is 4.91. The molecule has 0 bridgehead atoms. The van der Waals surface area contributed by atoms with E-state index in [2.05, 4.69) is 10.6 Å². The van der Waals surface area contributed by atoms with Crippen molar-refractivity contribution in [2.45, 2.75) is 20.0 Å². The molecule has 33 heavy (non-hydrogen) atoms. The molecule has 168 valence electrons. The topological polar surface area (TPSA) is 102 Å². The second-order valence-corrected chi connectivity index (χ2v) is 8.21. The van der Waals surface area contributed by atoms with E-state index >= 15 is 0 Å². The van der Waals surface area contributed by atoms with E-state index in [1.165, 1.54) is 29.7 Å². The van der Waals surface area contributed by atoms with Gasteiger partial charge in [0.25, 0.3) is 5.56 Å². The average Bonchev–Trinajstić information content (AvgIpc) is 3.26. The molecule has 0 aliphatic rings. The van der Waals surface area contributed by atoms with Gasteiger partial charge >= 0.3 is 5.69 Å². The van der Waals surface area contributed by atoms with Gasteiger partial charge in [-0.25, -0.2) is 9.18 Å². The second kappa shape index (κ2) is 9.21. The average molecular weight is 466 g/mol. The quantitative estimate of drug-likeness (QED) is 0.456. The SMILES string of the molecule is CC(=O)Nc1ccc(NC(=O)Cn2c(=O)n(Cc3ccccc3F)c(=O)c3sccc32)cc1. The molecule has 0 saturated carbocycles. The number of carbonyl (C=O) groups excluding carboxylic acids is 2. The summed E-state index contributed by atoms with van der Waals surface area (Å²) in [4.78, 5) is 49.8. The van der Waals surface area contributed by atoms with Crippen molar-refractivity contribution in [1.82, 2.24) is 9.13 Å². The first-order valence-electron chi connectivity index (χ1n) is 9.95. The van der Waals surface area contributed by atoms with E-state index in [0.717, 1.165) is 15.9 Å². The van der Waals surface area contributed by atoms with Crippen LogP contribution in [-0.2, 0) is 22.7 Å². The predicted molar refractivity (Wildman–Crippen MR) is 125 cm³/mol. The second-order valence-electron chi connectivity index (χ2n) is 7.29. The highest BCUT2D eigenvalue weighted by atomic mass is 32.1. The monoisotopic (exact) mass is 466 g/mol. The minimum Gasteiger partial charge on any atom is -0.326 e. The van der Waals surface area contributed by atoms with Crippen LogP contribution in [0.5, 0.6) is 0 Å². The Bertz CT molecular complexity index is 1470. The van der Waals surface area contributed by atoms with Crippen LogP contribution < -0.4 is 21.9 Å². The molecule has 4 rings (SSSR count). The number of hydrogen-bond acceptors (Lipinski definition) is 5. The lowest BCUT2D eigenvalue weighted by molar-refractivity contribution is -0.117. The van der Waals surface area contributed by atoms with E-state index in [4.69, 9.17) is 0 Å². The lowest BCUT2D eigenvalue weighted by atomic mass is 10.2. The molecule has 0 aliphatic heterocycles. The molecule has 0 radical (unpaired) electrons. The van der Waals surface area contributed by atoms with Crippen molar-refractivity contribution < 1.29 is 14.0 Å². The Morgan fingerprint density at radius 2 is 1.61 bits per heavy atom. The maximum absolute atomic E-state index is 14.1. The van der Waals surface area contributed by atoms with E-state index in [9.17, 15) is 23.6 Å². The van der Waals surface area contributed by atoms with Gasteiger partial charge in [0.15, 0.2) is 0 Å². The molecular formula is C23H19FN4O4S. The van der Waals surface area contributed by atoms with Crippen molar-refractivity contribution in [3.63, 3.8) is 0 Å². The van der Waals surface area contributed by atoms with E-state index in [0.29, 0.717) is 21.6 Å². The number of carbonyl (C=O) groups is 2. The molecule has 10 heteroatoms. The van der Waals surface area contributed by atoms with Gasteiger partial charge in [-0.3, -0.25) is 23.5 Å². The molecule has 2 heterocycles. The molecule has 0 aliphatic carbocycles. The van der Waals surface area contributed by atoms with Crippen molar-refractivity contribution in [3.8, 4) is 0 Å². The lowest BCUT2D eigenvalue weighted by Gasteiger charge is -2.13. The fraction of sp³-hybridized carbons (Fsp3) is 0.130. The number of thiophene rings is 1. The summed E-state index contributed by atoms with van der Waals surface area (Å²) in [7, 11) is 0. The number of anilines is 2. The van der Waals surface area contributed by atoms with E-state index in [-0.39, 0.29) is 24.6 Å². The number of hydrogen-bond donors (Lipinski definition) is 2. The van der Waals surface area contributed by atoms with Crippen molar-refractivity contribution in [2.75, 3.05) is 10.6 Å². The number of rotatable bonds is 6. The molecule has 0 spiro atoms. The van der Waals surface area contributed by atoms with E-state index < -0.39 is 23.0 Å². The molecule has 0 fully saturated rings. The summed E-state index contributed by atoms with van der Waals surface area (Å²) in [6, 6.07) is 14.0. The van der Waals surface area contributed by atoms with Crippen LogP contribution >= 0.6 is 11.3 Å². The Balaban J connectivity index is 1.63. The van der Waals surface area contributed by atoms with Crippen molar-refractivity contribution in [1.29, 1.82) is 0 Å². The molecular weight excluding hydrogens is 447 g/mol. The van der Waals surface area contributed by atoms with Crippen molar-refractivity contribution >= 4 is 44.7 Å². The molecule has 0 atom stereocenters. The Morgan fingerprint density at radius 3 is 2.27 bits per heavy atom. The van der Waals surface area contributed by atoms with Gasteiger partial charge in [0, 0.05) is 23.9 Å². The smallest absolute Gasteiger partial charge is 0.326 e. The fourth-order valence-electron chi connectivity index (χ4n) is 3.41. The number of nitrogens with zero attached hydrogens (tertiary/aromatic N) is 2. The molecule has 0 unspecified atom stereocenters. The largest absolute Gasteiger partial charge is 0.332 e. The van der Waals surface area contributed by atoms with Crippen LogP contribution in [0.4, 0.5) is 15.8 Å². The summed E-state index contributed by atoms with van der Waals surface area (Å²) in [5.41, 5.74) is 0.364. The van der Waals surface area contributed by atoms with Gasteiger partial charge in [-0.15, -0.1) is 11.3 Å². The minimum absolute atomic E-state index is 0.197. The number of aromatic nitrogens is 2. The summed E-state index contributed by atoms with van der Waals surface area (Å²) in [5.74, 6) is -1.22. The molecule has 2 N–H and O–H groups in total. The summed E-state index contributed by atoms with van der Waals surface area (Å²) < 4.78 is 16.6. The number of amides is 2. The first-order chi connectivity index (χ1) is 15.8. The normalized spacial score (nSPS) is 10.8. The Labute approximate surface area is 190 Å². The summed E-state index contributed by atoms with van der Waals surface area (Å²) >= 11 is 1.15. The maximum Gasteiger partial charge on any atom is 0.332 e. The third kappa shape index (κ3) is 4.75. The zero-order chi connectivity index (χ0) is 23.5. The van der Waals surface area contributed by atoms with Crippen LogP contribution in [-0.4, -0.2) is 20.9 Å². The Kier molecular flexibility index (Phi) is 6.18. The third-order valence-corrected chi connectivity index (χ3v) is 5.81. The van der Waals surface area contributed by atoms with Crippen molar-refractivity contribution in [3.05, 3.63) is 92.2 Å². The van der Waals surface area contributed by atoms with Gasteiger partial charge in [-0.2, -0.15) is 0 Å². The van der Waals surface area contributed by atoms with Crippen LogP contribution in [0.1, 0.15) is 12.5 Å². The van der Waals surface area contributed by atoms with Crippen LogP contribution in [0.3, 0.4) is 0 Å². The van der Waals surface area contributed by atoms with Crippen molar-refractivity contribution in [2.24, 2.45) is 0 Å². The highest BCUT2D eigenvalue weighted by Gasteiger charge is 2.17. The predicted octanol–water partition coefficient (Wildman–Crippen LogP) is 3.01. The first-order valence-corrected chi connectivity index (χ1v) is 10.8. The number of nitrogens with one attached hydrogen (secondary N) is 2. The van der Waals surface area contributed by atoms with Crippen LogP contribution in [0.2, 0.25) is 0 Å². The zero-order valence-corrected chi connectivity index (χ0v) is 18.3. The molecule has 8 nitrogen and oxygen atoms in total. The molecule has 0 saturated heterocycles. The van der Waals surface area contributed by atoms with Gasteiger partial charge in [0.1, 0.15) is 17.1 Å². The highest BCUT2D eigenvalue weighted by Crippen LogP contribution is 2.17. The van der Waals surface area contributed by atoms with Gasteiger partial charge < -0.3 is 10.6 Å². The summed E-state index contributed by atoms with van der Waals surface area (Å²) in [6.07, 6.45) is 0. The zero-order valence-electron chi connectivity index (χ0n) is 17.5. The fourth-order valence-corrected chi connectivity index (χ4v) is 4.25. The highest BCUT2D eigenvalue weighted by molar-refractivity contribution is 7.17. The first kappa shape index (κ1) is 22.2. The lowest BCUT2D eigenvalue weighted by Crippen LogP contribution is -2.41. The van der Waals surface area contributed by atoms with Gasteiger partial charge in [-0.05, 0) is 41.8 Å². The molecule has 2 aromatic carbocycles. The summed E-state index contributed by atoms with van der Waals surface area (Å²) in [6.45, 7) is 0.811. The minimum atomic E-state index is -0.703. The Hall–Kier alpha value is -4.05. The molecule has 4 aromatic rings. The van der Waals surface area contributed by atoms with E-state index in [1.54, 1.807) is 41.8 Å². The van der Waals surface area contributed by atoms with Gasteiger partial charge in [0.2, 0.25) is 11.8 Å². The van der Waals surface area contributed by atoms with Gasteiger partial charge in [-0.1, -0.05) is 18.2 Å². The standard InChI is InChI=1S/C23H19FN4O4S/c1-14(29)25-16-6-8-17(9-7-16)26-20(30)13-27-19-10-11-33-21(19)22(31)28(23(27)32)12-15-4-2-3-5-18(15)24/h2-11H,12-13H2,1H3,(H,25,29)(H,26,30). The number of halogens is 1. The van der Waals surface area contributed by atoms with Crippen LogP contribution in [0, 0.1) is 5.82 Å². The van der Waals surface area contributed by atoms with Gasteiger partial charge in [0.05, 0.1) is 12.1 Å².